The molecule has 3 atom stereocenters. The van der Waals surface area contributed by atoms with Crippen LogP contribution in [0.15, 0.2) is 40.2 Å². The number of fused-ring (bicyclic) bond motifs is 2. The Morgan fingerprint density at radius 2 is 1.90 bits per heavy atom. The highest BCUT2D eigenvalue weighted by atomic mass is 19.2. The van der Waals surface area contributed by atoms with Crippen LogP contribution in [0, 0.1) is 23.5 Å². The van der Waals surface area contributed by atoms with Crippen LogP contribution in [0.4, 0.5) is 14.5 Å². The molecule has 0 N–H and O–H groups in total. The largest absolute Gasteiger partial charge is 0.371 e. The molecule has 0 amide bonds. The van der Waals surface area contributed by atoms with Crippen LogP contribution >= 0.6 is 0 Å². The van der Waals surface area contributed by atoms with E-state index in [0.717, 1.165) is 19.2 Å². The second-order valence-corrected chi connectivity index (χ2v) is 8.11. The summed E-state index contributed by atoms with van der Waals surface area (Å²) in [6, 6.07) is 3.97. The van der Waals surface area contributed by atoms with Gasteiger partial charge in [-0.25, -0.2) is 18.7 Å². The summed E-state index contributed by atoms with van der Waals surface area (Å²) in [5.41, 5.74) is 1.26. The Balaban J connectivity index is 1.16. The zero-order valence-corrected chi connectivity index (χ0v) is 16.4. The summed E-state index contributed by atoms with van der Waals surface area (Å²) in [6.07, 6.45) is 2.97. The van der Waals surface area contributed by atoms with Gasteiger partial charge in [0.25, 0.3) is 5.56 Å². The number of aryl methyl sites for hydroxylation is 1. The Morgan fingerprint density at radius 3 is 2.68 bits per heavy atom. The lowest BCUT2D eigenvalue weighted by atomic mass is 10.2. The van der Waals surface area contributed by atoms with Crippen LogP contribution in [0.1, 0.15) is 17.6 Å². The van der Waals surface area contributed by atoms with E-state index in [1.54, 1.807) is 24.0 Å². The van der Waals surface area contributed by atoms with E-state index in [4.69, 9.17) is 4.52 Å². The topological polar surface area (TPSA) is 94.9 Å². The summed E-state index contributed by atoms with van der Waals surface area (Å²) < 4.78 is 35.1. The molecular formula is C20H17F2N7O2. The molecule has 0 spiro atoms. The third-order valence-corrected chi connectivity index (χ3v) is 6.25. The van der Waals surface area contributed by atoms with Crippen molar-refractivity contribution in [3.8, 4) is 0 Å². The Hall–Kier alpha value is -3.63. The summed E-state index contributed by atoms with van der Waals surface area (Å²) in [5.74, 6) is 0.130. The van der Waals surface area contributed by atoms with Crippen LogP contribution in [-0.2, 0) is 13.6 Å². The predicted octanol–water partition coefficient (Wildman–Crippen LogP) is 1.69. The van der Waals surface area contributed by atoms with Gasteiger partial charge in [0.1, 0.15) is 12.9 Å². The van der Waals surface area contributed by atoms with Crippen LogP contribution in [-0.4, -0.2) is 42.3 Å². The number of nitrogens with zero attached hydrogens (tertiary/aromatic N) is 7. The maximum atomic E-state index is 13.5. The molecule has 1 saturated carbocycles. The standard InChI is InChI=1S/C20H17F2N7O2/c1-27-8-23-19-17(27)20(30)29(9-24-19)7-15-25-18(26-31-15)16-11-5-28(6-12(11)16)10-2-3-13(21)14(22)4-10/h2-4,8-9,11-12,16H,5-7H2,1H3/t11-,12+,16+. The highest BCUT2D eigenvalue weighted by Crippen LogP contribution is 2.57. The highest BCUT2D eigenvalue weighted by molar-refractivity contribution is 5.68. The predicted molar refractivity (Wildman–Crippen MR) is 104 cm³/mol. The summed E-state index contributed by atoms with van der Waals surface area (Å²) >= 11 is 0. The van der Waals surface area contributed by atoms with Crippen molar-refractivity contribution in [1.29, 1.82) is 0 Å². The first kappa shape index (κ1) is 18.2. The zero-order valence-electron chi connectivity index (χ0n) is 16.4. The molecular weight excluding hydrogens is 408 g/mol. The van der Waals surface area contributed by atoms with Crippen molar-refractivity contribution in [3.63, 3.8) is 0 Å². The summed E-state index contributed by atoms with van der Waals surface area (Å²) in [7, 11) is 1.74. The van der Waals surface area contributed by atoms with Gasteiger partial charge in [0.15, 0.2) is 28.6 Å². The minimum atomic E-state index is -0.845. The molecule has 11 heteroatoms. The van der Waals surface area contributed by atoms with Crippen LogP contribution in [0.3, 0.4) is 0 Å². The van der Waals surface area contributed by atoms with Crippen LogP contribution in [0.2, 0.25) is 0 Å². The summed E-state index contributed by atoms with van der Waals surface area (Å²) in [5, 5.41) is 4.11. The van der Waals surface area contributed by atoms with Crippen molar-refractivity contribution >= 4 is 16.9 Å². The summed E-state index contributed by atoms with van der Waals surface area (Å²) in [6.45, 7) is 1.58. The first-order valence-electron chi connectivity index (χ1n) is 9.88. The van der Waals surface area contributed by atoms with E-state index in [9.17, 15) is 13.6 Å². The van der Waals surface area contributed by atoms with Crippen molar-refractivity contribution in [2.45, 2.75) is 12.5 Å². The first-order chi connectivity index (χ1) is 15.0. The fraction of sp³-hybridized carbons (Fsp3) is 0.350. The van der Waals surface area contributed by atoms with Gasteiger partial charge < -0.3 is 14.0 Å². The minimum Gasteiger partial charge on any atom is -0.371 e. The number of aromatic nitrogens is 6. The van der Waals surface area contributed by atoms with E-state index >= 15 is 0 Å². The Kier molecular flexibility index (Phi) is 3.77. The zero-order chi connectivity index (χ0) is 21.3. The third kappa shape index (κ3) is 2.83. The lowest BCUT2D eigenvalue weighted by Crippen LogP contribution is -2.24. The molecule has 3 aromatic heterocycles. The van der Waals surface area contributed by atoms with Gasteiger partial charge in [-0.15, -0.1) is 0 Å². The van der Waals surface area contributed by atoms with Crippen molar-refractivity contribution in [1.82, 2.24) is 29.2 Å². The van der Waals surface area contributed by atoms with E-state index in [1.807, 2.05) is 4.90 Å². The molecule has 1 aromatic carbocycles. The van der Waals surface area contributed by atoms with Gasteiger partial charge in [-0.3, -0.25) is 9.36 Å². The van der Waals surface area contributed by atoms with Gasteiger partial charge in [-0.2, -0.15) is 4.98 Å². The average Bonchev–Trinajstić information content (AvgIpc) is 3.18. The molecule has 0 bridgehead atoms. The van der Waals surface area contributed by atoms with E-state index in [2.05, 4.69) is 20.1 Å². The van der Waals surface area contributed by atoms with E-state index in [-0.39, 0.29) is 18.0 Å². The van der Waals surface area contributed by atoms with E-state index in [1.165, 1.54) is 17.0 Å². The Morgan fingerprint density at radius 1 is 1.13 bits per heavy atom. The van der Waals surface area contributed by atoms with E-state index < -0.39 is 11.6 Å². The molecule has 0 radical (unpaired) electrons. The second kappa shape index (κ2) is 6.43. The number of imidazole rings is 1. The smallest absolute Gasteiger partial charge is 0.280 e. The number of hydrogen-bond acceptors (Lipinski definition) is 7. The molecule has 1 aliphatic heterocycles. The second-order valence-electron chi connectivity index (χ2n) is 8.11. The molecule has 2 aliphatic rings. The Labute approximate surface area is 173 Å². The van der Waals surface area contributed by atoms with Gasteiger partial charge >= 0.3 is 0 Å². The number of rotatable bonds is 4. The molecule has 4 aromatic rings. The highest BCUT2D eigenvalue weighted by Gasteiger charge is 2.58. The van der Waals surface area contributed by atoms with Gasteiger partial charge in [0.2, 0.25) is 5.89 Å². The molecule has 6 rings (SSSR count). The monoisotopic (exact) mass is 425 g/mol. The van der Waals surface area contributed by atoms with Crippen LogP contribution in [0.25, 0.3) is 11.2 Å². The van der Waals surface area contributed by atoms with Gasteiger partial charge in [-0.1, -0.05) is 5.16 Å². The Bertz CT molecular complexity index is 1370. The lowest BCUT2D eigenvalue weighted by molar-refractivity contribution is 0.363. The first-order valence-corrected chi connectivity index (χ1v) is 9.88. The molecule has 4 heterocycles. The van der Waals surface area contributed by atoms with Gasteiger partial charge in [0, 0.05) is 37.8 Å². The van der Waals surface area contributed by atoms with Gasteiger partial charge in [-0.05, 0) is 24.0 Å². The third-order valence-electron chi connectivity index (χ3n) is 6.25. The fourth-order valence-electron chi connectivity index (χ4n) is 4.60. The number of hydrogen-bond donors (Lipinski definition) is 0. The van der Waals surface area contributed by atoms with Crippen LogP contribution < -0.4 is 10.5 Å². The summed E-state index contributed by atoms with van der Waals surface area (Å²) in [4.78, 5) is 27.5. The van der Waals surface area contributed by atoms with Gasteiger partial charge in [0.05, 0.1) is 6.33 Å². The van der Waals surface area contributed by atoms with Crippen molar-refractivity contribution in [3.05, 3.63) is 64.6 Å². The number of halogens is 2. The number of anilines is 1. The molecule has 31 heavy (non-hydrogen) atoms. The average molecular weight is 425 g/mol. The quantitative estimate of drug-likeness (QED) is 0.491. The van der Waals surface area contributed by atoms with Crippen LogP contribution in [0.5, 0.6) is 0 Å². The fourth-order valence-corrected chi connectivity index (χ4v) is 4.60. The molecule has 1 saturated heterocycles. The lowest BCUT2D eigenvalue weighted by Gasteiger charge is -2.21. The normalized spacial score (nSPS) is 22.3. The number of piperidine rings is 1. The molecule has 2 fully saturated rings. The molecule has 9 nitrogen and oxygen atoms in total. The number of benzene rings is 1. The maximum absolute atomic E-state index is 13.5. The molecule has 0 unspecified atom stereocenters. The van der Waals surface area contributed by atoms with E-state index in [0.29, 0.717) is 40.4 Å². The minimum absolute atomic E-state index is 0.128. The SMILES string of the molecule is Cn1cnc2ncn(Cc3nc([C@H]4[C@@H]5CN(c6ccc(F)c(F)c6)C[C@@H]54)no3)c(=O)c21. The molecule has 158 valence electrons. The van der Waals surface area contributed by atoms with Crippen molar-refractivity contribution < 1.29 is 13.3 Å². The maximum Gasteiger partial charge on any atom is 0.280 e. The van der Waals surface area contributed by atoms with Crippen molar-refractivity contribution in [2.75, 3.05) is 18.0 Å². The molecule has 1 aliphatic carbocycles. The van der Waals surface area contributed by atoms with Crippen molar-refractivity contribution in [2.24, 2.45) is 18.9 Å².